The van der Waals surface area contributed by atoms with Crippen LogP contribution in [0.15, 0.2) is 24.3 Å². The third-order valence-corrected chi connectivity index (χ3v) is 5.02. The molecule has 2 heterocycles. The zero-order valence-corrected chi connectivity index (χ0v) is 16.7. The van der Waals surface area contributed by atoms with E-state index in [0.29, 0.717) is 0 Å². The third kappa shape index (κ3) is 3.78. The van der Waals surface area contributed by atoms with Gasteiger partial charge in [0.25, 0.3) is 11.8 Å². The number of fused-ring (bicyclic) bond motifs is 1. The molecule has 29 heavy (non-hydrogen) atoms. The molecular weight excluding hydrogens is 382 g/mol. The van der Waals surface area contributed by atoms with E-state index in [1.165, 1.54) is 19.2 Å². The maximum atomic E-state index is 12.8. The summed E-state index contributed by atoms with van der Waals surface area (Å²) in [5, 5.41) is 21.2. The van der Waals surface area contributed by atoms with Crippen molar-refractivity contribution in [2.24, 2.45) is 5.41 Å². The highest BCUT2D eigenvalue weighted by Gasteiger charge is 2.53. The first-order chi connectivity index (χ1) is 13.6. The molecule has 0 unspecified atom stereocenters. The largest absolute Gasteiger partial charge is 0.462 e. The molecule has 2 amide bonds. The van der Waals surface area contributed by atoms with Gasteiger partial charge in [0.15, 0.2) is 6.29 Å². The molecule has 1 saturated heterocycles. The Morgan fingerprint density at radius 2 is 1.66 bits per heavy atom. The summed E-state index contributed by atoms with van der Waals surface area (Å²) < 4.78 is 16.1. The number of imide groups is 1. The first-order valence-corrected chi connectivity index (χ1v) is 9.26. The second-order valence-electron chi connectivity index (χ2n) is 8.12. The van der Waals surface area contributed by atoms with Crippen molar-refractivity contribution in [1.82, 2.24) is 4.90 Å². The van der Waals surface area contributed by atoms with Crippen molar-refractivity contribution in [2.45, 2.75) is 51.4 Å². The van der Waals surface area contributed by atoms with Gasteiger partial charge in [0.2, 0.25) is 0 Å². The van der Waals surface area contributed by atoms with Crippen LogP contribution in [0.5, 0.6) is 0 Å². The van der Waals surface area contributed by atoms with Crippen LogP contribution in [0.2, 0.25) is 0 Å². The summed E-state index contributed by atoms with van der Waals surface area (Å²) >= 11 is 0. The van der Waals surface area contributed by atoms with E-state index in [1.807, 2.05) is 0 Å². The highest BCUT2D eigenvalue weighted by Crippen LogP contribution is 2.32. The Morgan fingerprint density at radius 1 is 1.10 bits per heavy atom. The number of methoxy groups -OCH3 is 1. The van der Waals surface area contributed by atoms with Crippen LogP contribution in [-0.4, -0.2) is 77.3 Å². The minimum absolute atomic E-state index is 0.204. The summed E-state index contributed by atoms with van der Waals surface area (Å²) in [6, 6.07) is 5.02. The van der Waals surface area contributed by atoms with Crippen molar-refractivity contribution in [1.29, 1.82) is 0 Å². The maximum Gasteiger partial charge on any atom is 0.311 e. The van der Waals surface area contributed by atoms with Crippen LogP contribution >= 0.6 is 0 Å². The molecule has 2 aliphatic heterocycles. The van der Waals surface area contributed by atoms with Gasteiger partial charge in [-0.2, -0.15) is 0 Å². The first kappa shape index (κ1) is 21.4. The maximum absolute atomic E-state index is 12.8. The number of carbonyl (C=O) groups is 3. The normalized spacial score (nSPS) is 29.7. The van der Waals surface area contributed by atoms with E-state index in [2.05, 4.69) is 0 Å². The number of esters is 1. The van der Waals surface area contributed by atoms with Crippen molar-refractivity contribution in [3.8, 4) is 0 Å². The van der Waals surface area contributed by atoms with Crippen LogP contribution in [0.25, 0.3) is 0 Å². The molecule has 9 heteroatoms. The molecule has 0 spiro atoms. The number of carbonyl (C=O) groups excluding carboxylic acids is 3. The molecule has 2 aliphatic rings. The number of aliphatic hydroxyl groups excluding tert-OH is 2. The van der Waals surface area contributed by atoms with Crippen molar-refractivity contribution in [3.63, 3.8) is 0 Å². The van der Waals surface area contributed by atoms with Crippen molar-refractivity contribution in [2.75, 3.05) is 13.7 Å². The van der Waals surface area contributed by atoms with E-state index >= 15 is 0 Å². The fourth-order valence-electron chi connectivity index (χ4n) is 3.38. The average Bonchev–Trinajstić information content (AvgIpc) is 2.93. The van der Waals surface area contributed by atoms with Gasteiger partial charge in [-0.3, -0.25) is 19.3 Å². The molecule has 1 aromatic rings. The zero-order chi connectivity index (χ0) is 21.5. The zero-order valence-electron chi connectivity index (χ0n) is 16.7. The van der Waals surface area contributed by atoms with E-state index in [4.69, 9.17) is 14.2 Å². The van der Waals surface area contributed by atoms with E-state index in [-0.39, 0.29) is 17.7 Å². The third-order valence-electron chi connectivity index (χ3n) is 5.02. The summed E-state index contributed by atoms with van der Waals surface area (Å²) in [4.78, 5) is 38.4. The van der Waals surface area contributed by atoms with Gasteiger partial charge in [-0.05, 0) is 32.9 Å². The summed E-state index contributed by atoms with van der Waals surface area (Å²) in [5.74, 6) is -1.71. The van der Waals surface area contributed by atoms with Crippen LogP contribution in [0.4, 0.5) is 0 Å². The number of nitrogens with zero attached hydrogens (tertiary/aromatic N) is 1. The van der Waals surface area contributed by atoms with Crippen molar-refractivity contribution in [3.05, 3.63) is 35.4 Å². The van der Waals surface area contributed by atoms with Crippen LogP contribution in [-0.2, 0) is 19.0 Å². The Labute approximate surface area is 168 Å². The Bertz CT molecular complexity index is 780. The quantitative estimate of drug-likeness (QED) is 0.541. The Hall–Kier alpha value is -2.33. The number of hydrogen-bond donors (Lipinski definition) is 2. The topological polar surface area (TPSA) is 123 Å². The van der Waals surface area contributed by atoms with Gasteiger partial charge < -0.3 is 24.4 Å². The second kappa shape index (κ2) is 7.83. The second-order valence-corrected chi connectivity index (χ2v) is 8.12. The average molecular weight is 407 g/mol. The van der Waals surface area contributed by atoms with Crippen LogP contribution in [0, 0.1) is 5.41 Å². The van der Waals surface area contributed by atoms with Gasteiger partial charge in [-0.1, -0.05) is 12.1 Å². The molecule has 9 nitrogen and oxygen atoms in total. The Balaban J connectivity index is 1.80. The lowest BCUT2D eigenvalue weighted by Gasteiger charge is -2.44. The number of rotatable bonds is 4. The molecule has 0 saturated carbocycles. The first-order valence-electron chi connectivity index (χ1n) is 9.26. The molecule has 1 aromatic carbocycles. The molecule has 0 aromatic heterocycles. The summed E-state index contributed by atoms with van der Waals surface area (Å²) in [6.45, 7) is 4.72. The molecule has 158 valence electrons. The summed E-state index contributed by atoms with van der Waals surface area (Å²) in [6.07, 6.45) is -5.38. The molecule has 0 aliphatic carbocycles. The summed E-state index contributed by atoms with van der Waals surface area (Å²) in [5.41, 5.74) is -0.341. The molecule has 2 N–H and O–H groups in total. The smallest absolute Gasteiger partial charge is 0.311 e. The van der Waals surface area contributed by atoms with E-state index in [0.717, 1.165) is 4.90 Å². The lowest BCUT2D eigenvalue weighted by molar-refractivity contribution is -0.273. The van der Waals surface area contributed by atoms with Crippen molar-refractivity contribution < 1.29 is 38.8 Å². The highest BCUT2D eigenvalue weighted by atomic mass is 16.7. The van der Waals surface area contributed by atoms with Gasteiger partial charge in [-0.15, -0.1) is 0 Å². The van der Waals surface area contributed by atoms with Gasteiger partial charge in [0.1, 0.15) is 31.0 Å². The Kier molecular flexibility index (Phi) is 5.77. The minimum Gasteiger partial charge on any atom is -0.462 e. The standard InChI is InChI=1S/C20H25NO8/c1-20(2,3)19(26)28-9-12-14(22)15(23)13(18(27-4)29-12)21-16(24)10-7-5-6-8-11(10)17(21)25/h5-8,12-15,18,22-23H,9H2,1-4H3/t12-,13-,14-,15-,18-/m1/s1. The number of amides is 2. The molecule has 0 radical (unpaired) electrons. The molecule has 0 bridgehead atoms. The SMILES string of the molecule is CO[C@@H]1O[C@H](COC(=O)C(C)(C)C)[C@@H](O)[C@H](O)[C@H]1N1C(=O)c2ccccc2C1=O. The van der Waals surface area contributed by atoms with Gasteiger partial charge >= 0.3 is 5.97 Å². The fraction of sp³-hybridized carbons (Fsp3) is 0.550. The monoisotopic (exact) mass is 407 g/mol. The minimum atomic E-state index is -1.56. The highest BCUT2D eigenvalue weighted by molar-refractivity contribution is 6.21. The van der Waals surface area contributed by atoms with Gasteiger partial charge in [0.05, 0.1) is 16.5 Å². The molecule has 1 fully saturated rings. The molecule has 3 rings (SSSR count). The predicted molar refractivity (Wildman–Crippen MR) is 98.8 cm³/mol. The lowest BCUT2D eigenvalue weighted by Crippen LogP contribution is -2.65. The summed E-state index contributed by atoms with van der Waals surface area (Å²) in [7, 11) is 1.29. The van der Waals surface area contributed by atoms with E-state index in [1.54, 1.807) is 32.9 Å². The number of aliphatic hydroxyl groups is 2. The number of ether oxygens (including phenoxy) is 3. The molecular formula is C20H25NO8. The van der Waals surface area contributed by atoms with Crippen LogP contribution in [0.1, 0.15) is 41.5 Å². The predicted octanol–water partition coefficient (Wildman–Crippen LogP) is 0.334. The van der Waals surface area contributed by atoms with E-state index in [9.17, 15) is 24.6 Å². The van der Waals surface area contributed by atoms with Gasteiger partial charge in [-0.25, -0.2) is 0 Å². The fourth-order valence-corrected chi connectivity index (χ4v) is 3.38. The number of benzene rings is 1. The van der Waals surface area contributed by atoms with Crippen molar-refractivity contribution >= 4 is 17.8 Å². The van der Waals surface area contributed by atoms with Crippen LogP contribution < -0.4 is 0 Å². The Morgan fingerprint density at radius 3 is 2.14 bits per heavy atom. The lowest BCUT2D eigenvalue weighted by atomic mass is 9.95. The van der Waals surface area contributed by atoms with Gasteiger partial charge in [0, 0.05) is 7.11 Å². The number of hydrogen-bond acceptors (Lipinski definition) is 8. The van der Waals surface area contributed by atoms with Crippen LogP contribution in [0.3, 0.4) is 0 Å². The van der Waals surface area contributed by atoms with E-state index < -0.39 is 53.8 Å². The molecule has 5 atom stereocenters.